The van der Waals surface area contributed by atoms with Crippen LogP contribution in [0.4, 0.5) is 0 Å². The van der Waals surface area contributed by atoms with Crippen molar-refractivity contribution in [1.29, 1.82) is 0 Å². The van der Waals surface area contributed by atoms with Crippen LogP contribution in [-0.2, 0) is 14.6 Å². The van der Waals surface area contributed by atoms with Crippen LogP contribution < -0.4 is 0 Å². The summed E-state index contributed by atoms with van der Waals surface area (Å²) in [5.41, 5.74) is 0. The van der Waals surface area contributed by atoms with Gasteiger partial charge in [0.25, 0.3) is 0 Å². The number of hydrogen-bond acceptors (Lipinski definition) is 3. The minimum Gasteiger partial charge on any atom is -0.294 e. The quantitative estimate of drug-likeness (QED) is 0.285. The van der Waals surface area contributed by atoms with Crippen molar-refractivity contribution in [1.82, 2.24) is 0 Å². The molecule has 0 saturated heterocycles. The normalized spacial score (nSPS) is 7.57. The van der Waals surface area contributed by atoms with Crippen molar-refractivity contribution in [2.45, 2.75) is 0 Å². The fraction of sp³-hybridized carbons (Fsp3) is 0.250. The van der Waals surface area contributed by atoms with E-state index in [1.54, 1.807) is 0 Å². The molecule has 40 valence electrons. The van der Waals surface area contributed by atoms with Crippen molar-refractivity contribution in [2.75, 3.05) is 7.11 Å². The predicted molar refractivity (Wildman–Crippen MR) is 23.3 cm³/mol. The molecule has 0 aromatic heterocycles. The first-order valence-corrected chi connectivity index (χ1v) is 1.68. The Kier molecular flexibility index (Phi) is 2.96. The maximum absolute atomic E-state index is 9.95. The average molecular weight is 102 g/mol. The van der Waals surface area contributed by atoms with E-state index in [-0.39, 0.29) is 0 Å². The van der Waals surface area contributed by atoms with Gasteiger partial charge in [-0.05, 0) is 0 Å². The number of carbonyl (C=O) groups is 1. The Labute approximate surface area is 41.5 Å². The van der Waals surface area contributed by atoms with E-state index in [0.717, 1.165) is 6.08 Å². The molecule has 0 aliphatic rings. The van der Waals surface area contributed by atoms with Gasteiger partial charge in [0.15, 0.2) is 0 Å². The van der Waals surface area contributed by atoms with Crippen LogP contribution in [0.25, 0.3) is 0 Å². The minimum absolute atomic E-state index is 0.581. The van der Waals surface area contributed by atoms with Gasteiger partial charge in [0.2, 0.25) is 0 Å². The summed E-state index contributed by atoms with van der Waals surface area (Å²) in [6, 6.07) is 0. The van der Waals surface area contributed by atoms with E-state index in [0.29, 0.717) is 0 Å². The molecule has 0 saturated carbocycles. The third-order valence-corrected chi connectivity index (χ3v) is 0.332. The van der Waals surface area contributed by atoms with Crippen LogP contribution in [0.3, 0.4) is 0 Å². The molecule has 3 nitrogen and oxygen atoms in total. The van der Waals surface area contributed by atoms with Crippen LogP contribution in [0.2, 0.25) is 0 Å². The summed E-state index contributed by atoms with van der Waals surface area (Å²) in [5, 5.41) is 0. The molecule has 0 aromatic rings. The summed E-state index contributed by atoms with van der Waals surface area (Å²) in [4.78, 5) is 17.9. The molecular formula is C4H6O3. The molecule has 0 fully saturated rings. The molecule has 0 rings (SSSR count). The second-order valence-electron chi connectivity index (χ2n) is 0.773. The van der Waals surface area contributed by atoms with E-state index in [1.165, 1.54) is 7.11 Å². The highest BCUT2D eigenvalue weighted by Crippen LogP contribution is 1.74. The molecule has 0 N–H and O–H groups in total. The zero-order chi connectivity index (χ0) is 5.70. The summed E-state index contributed by atoms with van der Waals surface area (Å²) < 4.78 is 0. The Morgan fingerprint density at radius 2 is 2.43 bits per heavy atom. The van der Waals surface area contributed by atoms with Crippen molar-refractivity contribution in [3.63, 3.8) is 0 Å². The SMILES string of the molecule is C=CC(=O)OOC. The number of carbonyl (C=O) groups excluding carboxylic acids is 1. The first-order chi connectivity index (χ1) is 3.31. The summed E-state index contributed by atoms with van der Waals surface area (Å²) in [6.45, 7) is 3.12. The molecule has 0 radical (unpaired) electrons. The third-order valence-electron chi connectivity index (χ3n) is 0.332. The summed E-state index contributed by atoms with van der Waals surface area (Å²) in [5.74, 6) is -0.581. The lowest BCUT2D eigenvalue weighted by atomic mass is 10.7. The molecule has 0 bridgehead atoms. The molecular weight excluding hydrogens is 96.0 g/mol. The third kappa shape index (κ3) is 2.99. The van der Waals surface area contributed by atoms with E-state index in [1.807, 2.05) is 0 Å². The van der Waals surface area contributed by atoms with Crippen LogP contribution >= 0.6 is 0 Å². The van der Waals surface area contributed by atoms with E-state index >= 15 is 0 Å². The van der Waals surface area contributed by atoms with Crippen molar-refractivity contribution in [3.8, 4) is 0 Å². The summed E-state index contributed by atoms with van der Waals surface area (Å²) >= 11 is 0. The molecule has 7 heavy (non-hydrogen) atoms. The highest BCUT2D eigenvalue weighted by atomic mass is 17.2. The lowest BCUT2D eigenvalue weighted by molar-refractivity contribution is -0.249. The highest BCUT2D eigenvalue weighted by molar-refractivity contribution is 5.80. The molecule has 0 amide bonds. The molecule has 0 spiro atoms. The fourth-order valence-corrected chi connectivity index (χ4v) is 0.116. The molecule has 0 aliphatic heterocycles. The molecule has 0 atom stereocenters. The predicted octanol–water partition coefficient (Wildman–Crippen LogP) is 0.277. The Hall–Kier alpha value is -0.830. The zero-order valence-corrected chi connectivity index (χ0v) is 4.01. The second kappa shape index (κ2) is 3.36. The van der Waals surface area contributed by atoms with Crippen molar-refractivity contribution >= 4 is 5.97 Å². The van der Waals surface area contributed by atoms with Gasteiger partial charge in [-0.2, -0.15) is 4.89 Å². The maximum atomic E-state index is 9.95. The average Bonchev–Trinajstić information content (AvgIpc) is 1.68. The van der Waals surface area contributed by atoms with Crippen molar-refractivity contribution < 1.29 is 14.6 Å². The van der Waals surface area contributed by atoms with Crippen LogP contribution in [0.5, 0.6) is 0 Å². The first kappa shape index (κ1) is 6.17. The smallest absolute Gasteiger partial charge is 0.294 e. The highest BCUT2D eigenvalue weighted by Gasteiger charge is 1.88. The monoisotopic (exact) mass is 102 g/mol. The van der Waals surface area contributed by atoms with Crippen LogP contribution in [0.15, 0.2) is 12.7 Å². The van der Waals surface area contributed by atoms with E-state index in [4.69, 9.17) is 0 Å². The number of hydrogen-bond donors (Lipinski definition) is 0. The van der Waals surface area contributed by atoms with Gasteiger partial charge in [-0.15, -0.1) is 0 Å². The Bertz CT molecular complexity index is 77.0. The van der Waals surface area contributed by atoms with Gasteiger partial charge >= 0.3 is 5.97 Å². The Morgan fingerprint density at radius 3 is 2.57 bits per heavy atom. The van der Waals surface area contributed by atoms with Crippen LogP contribution in [0.1, 0.15) is 0 Å². The molecule has 0 aliphatic carbocycles. The van der Waals surface area contributed by atoms with Crippen molar-refractivity contribution in [3.05, 3.63) is 12.7 Å². The molecule has 0 aromatic carbocycles. The Morgan fingerprint density at radius 1 is 1.86 bits per heavy atom. The van der Waals surface area contributed by atoms with Gasteiger partial charge in [-0.25, -0.2) is 4.79 Å². The number of rotatable bonds is 2. The first-order valence-electron chi connectivity index (χ1n) is 1.68. The summed E-state index contributed by atoms with van der Waals surface area (Å²) in [7, 11) is 1.25. The van der Waals surface area contributed by atoms with E-state index < -0.39 is 5.97 Å². The van der Waals surface area contributed by atoms with E-state index in [9.17, 15) is 4.79 Å². The van der Waals surface area contributed by atoms with Gasteiger partial charge in [0.05, 0.1) is 7.11 Å². The lowest BCUT2D eigenvalue weighted by Crippen LogP contribution is -1.96. The second-order valence-corrected chi connectivity index (χ2v) is 0.773. The van der Waals surface area contributed by atoms with Crippen LogP contribution in [0, 0.1) is 0 Å². The fourth-order valence-electron chi connectivity index (χ4n) is 0.116. The zero-order valence-electron chi connectivity index (χ0n) is 4.01. The van der Waals surface area contributed by atoms with Crippen LogP contribution in [-0.4, -0.2) is 13.1 Å². The van der Waals surface area contributed by atoms with E-state index in [2.05, 4.69) is 16.4 Å². The molecule has 3 heteroatoms. The van der Waals surface area contributed by atoms with Crippen molar-refractivity contribution in [2.24, 2.45) is 0 Å². The lowest BCUT2D eigenvalue weighted by Gasteiger charge is -1.88. The van der Waals surface area contributed by atoms with Gasteiger partial charge in [0, 0.05) is 6.08 Å². The molecule has 0 unspecified atom stereocenters. The maximum Gasteiger partial charge on any atom is 0.365 e. The summed E-state index contributed by atoms with van der Waals surface area (Å²) in [6.07, 6.45) is 1.02. The Balaban J connectivity index is 3.17. The topological polar surface area (TPSA) is 35.5 Å². The largest absolute Gasteiger partial charge is 0.365 e. The van der Waals surface area contributed by atoms with Gasteiger partial charge in [-0.3, -0.25) is 4.89 Å². The molecule has 0 heterocycles. The standard InChI is InChI=1S/C4H6O3/c1-3-4(5)7-6-2/h3H,1H2,2H3. The minimum atomic E-state index is -0.581. The van der Waals surface area contributed by atoms with Gasteiger partial charge in [-0.1, -0.05) is 6.58 Å². The van der Waals surface area contributed by atoms with Gasteiger partial charge in [0.1, 0.15) is 0 Å². The van der Waals surface area contributed by atoms with Gasteiger partial charge < -0.3 is 0 Å².